The Morgan fingerprint density at radius 2 is 1.61 bits per heavy atom. The van der Waals surface area contributed by atoms with E-state index < -0.39 is 0 Å². The molecule has 0 spiro atoms. The number of anilines is 2. The minimum Gasteiger partial charge on any atom is -0.397 e. The summed E-state index contributed by atoms with van der Waals surface area (Å²) >= 11 is 0. The van der Waals surface area contributed by atoms with Crippen LogP contribution in [0, 0.1) is 11.6 Å². The van der Waals surface area contributed by atoms with Gasteiger partial charge in [-0.1, -0.05) is 12.1 Å². The van der Waals surface area contributed by atoms with Crippen molar-refractivity contribution >= 4 is 11.4 Å². The standard InChI is InChI=1S/C14H14F2N2/c1-9(10-2-4-11(15)5-3-10)18-14-7-6-12(16)8-13(14)17/h2-9,18H,17H2,1H3. The number of hydrogen-bond donors (Lipinski definition) is 2. The number of hydrogen-bond acceptors (Lipinski definition) is 2. The highest BCUT2D eigenvalue weighted by Gasteiger charge is 2.07. The lowest BCUT2D eigenvalue weighted by Crippen LogP contribution is -2.08. The zero-order valence-electron chi connectivity index (χ0n) is 9.95. The second-order valence-electron chi connectivity index (χ2n) is 4.15. The topological polar surface area (TPSA) is 38.0 Å². The molecule has 4 heteroatoms. The van der Waals surface area contributed by atoms with Crippen LogP contribution < -0.4 is 11.1 Å². The molecule has 2 rings (SSSR count). The second kappa shape index (κ2) is 5.04. The monoisotopic (exact) mass is 248 g/mol. The van der Waals surface area contributed by atoms with Gasteiger partial charge < -0.3 is 11.1 Å². The van der Waals surface area contributed by atoms with Crippen LogP contribution in [0.2, 0.25) is 0 Å². The molecule has 0 heterocycles. The van der Waals surface area contributed by atoms with E-state index in [1.165, 1.54) is 24.3 Å². The quantitative estimate of drug-likeness (QED) is 0.812. The van der Waals surface area contributed by atoms with Gasteiger partial charge in [0.1, 0.15) is 11.6 Å². The molecule has 2 aromatic carbocycles. The van der Waals surface area contributed by atoms with Crippen LogP contribution in [0.1, 0.15) is 18.5 Å². The van der Waals surface area contributed by atoms with Crippen molar-refractivity contribution in [2.75, 3.05) is 11.1 Å². The molecule has 2 aromatic rings. The third kappa shape index (κ3) is 2.77. The molecule has 0 aliphatic rings. The lowest BCUT2D eigenvalue weighted by atomic mass is 10.1. The maximum Gasteiger partial charge on any atom is 0.125 e. The Labute approximate surface area is 104 Å². The molecule has 0 saturated heterocycles. The van der Waals surface area contributed by atoms with Gasteiger partial charge in [-0.15, -0.1) is 0 Å². The van der Waals surface area contributed by atoms with Gasteiger partial charge in [-0.05, 0) is 42.8 Å². The number of nitrogens with two attached hydrogens (primary N) is 1. The molecule has 18 heavy (non-hydrogen) atoms. The highest BCUT2D eigenvalue weighted by molar-refractivity contribution is 5.66. The van der Waals surface area contributed by atoms with Gasteiger partial charge in [0.2, 0.25) is 0 Å². The first kappa shape index (κ1) is 12.4. The van der Waals surface area contributed by atoms with Gasteiger partial charge in [0, 0.05) is 6.04 Å². The van der Waals surface area contributed by atoms with E-state index in [9.17, 15) is 8.78 Å². The molecular formula is C14H14F2N2. The van der Waals surface area contributed by atoms with E-state index in [-0.39, 0.29) is 17.7 Å². The number of halogens is 2. The largest absolute Gasteiger partial charge is 0.397 e. The lowest BCUT2D eigenvalue weighted by molar-refractivity contribution is 0.626. The van der Waals surface area contributed by atoms with Gasteiger partial charge in [-0.2, -0.15) is 0 Å². The minimum atomic E-state index is -0.368. The molecule has 2 nitrogen and oxygen atoms in total. The Hall–Kier alpha value is -2.10. The van der Waals surface area contributed by atoms with Gasteiger partial charge in [0.05, 0.1) is 11.4 Å². The van der Waals surface area contributed by atoms with E-state index in [0.717, 1.165) is 5.56 Å². The first-order chi connectivity index (χ1) is 8.56. The van der Waals surface area contributed by atoms with Gasteiger partial charge in [-0.25, -0.2) is 8.78 Å². The molecule has 0 fully saturated rings. The molecule has 0 aromatic heterocycles. The predicted octanol–water partition coefficient (Wildman–Crippen LogP) is 3.72. The molecule has 0 saturated carbocycles. The molecule has 0 aliphatic carbocycles. The Balaban J connectivity index is 2.15. The summed E-state index contributed by atoms with van der Waals surface area (Å²) in [6.07, 6.45) is 0. The van der Waals surface area contributed by atoms with Crippen LogP contribution in [0.4, 0.5) is 20.2 Å². The molecule has 0 amide bonds. The van der Waals surface area contributed by atoms with E-state index in [1.807, 2.05) is 6.92 Å². The van der Waals surface area contributed by atoms with Gasteiger partial charge in [0.25, 0.3) is 0 Å². The molecule has 3 N–H and O–H groups in total. The van der Waals surface area contributed by atoms with E-state index in [1.54, 1.807) is 18.2 Å². The fourth-order valence-electron chi connectivity index (χ4n) is 1.73. The first-order valence-electron chi connectivity index (χ1n) is 5.63. The van der Waals surface area contributed by atoms with E-state index in [2.05, 4.69) is 5.32 Å². The van der Waals surface area contributed by atoms with Crippen molar-refractivity contribution in [3.8, 4) is 0 Å². The van der Waals surface area contributed by atoms with Crippen LogP contribution in [0.25, 0.3) is 0 Å². The van der Waals surface area contributed by atoms with Crippen molar-refractivity contribution in [1.82, 2.24) is 0 Å². The summed E-state index contributed by atoms with van der Waals surface area (Å²) in [4.78, 5) is 0. The summed E-state index contributed by atoms with van der Waals surface area (Å²) in [5.41, 5.74) is 7.65. The van der Waals surface area contributed by atoms with Crippen molar-refractivity contribution in [2.24, 2.45) is 0 Å². The summed E-state index contributed by atoms with van der Waals surface area (Å²) in [6, 6.07) is 10.4. The SMILES string of the molecule is CC(Nc1ccc(F)cc1N)c1ccc(F)cc1. The molecule has 0 aliphatic heterocycles. The summed E-state index contributed by atoms with van der Waals surface area (Å²) in [5.74, 6) is -0.639. The lowest BCUT2D eigenvalue weighted by Gasteiger charge is -2.17. The minimum absolute atomic E-state index is 0.0432. The van der Waals surface area contributed by atoms with Crippen LogP contribution in [-0.2, 0) is 0 Å². The molecule has 94 valence electrons. The molecular weight excluding hydrogens is 234 g/mol. The average molecular weight is 248 g/mol. The van der Waals surface area contributed by atoms with Crippen molar-refractivity contribution in [2.45, 2.75) is 13.0 Å². The van der Waals surface area contributed by atoms with Crippen LogP contribution in [0.15, 0.2) is 42.5 Å². The van der Waals surface area contributed by atoms with Gasteiger partial charge in [0.15, 0.2) is 0 Å². The maximum atomic E-state index is 12.9. The Bertz CT molecular complexity index is 538. The van der Waals surface area contributed by atoms with Crippen LogP contribution in [-0.4, -0.2) is 0 Å². The predicted molar refractivity (Wildman–Crippen MR) is 69.3 cm³/mol. The van der Waals surface area contributed by atoms with Gasteiger partial charge in [-0.3, -0.25) is 0 Å². The van der Waals surface area contributed by atoms with Crippen LogP contribution in [0.3, 0.4) is 0 Å². The maximum absolute atomic E-state index is 12.9. The fraction of sp³-hybridized carbons (Fsp3) is 0.143. The van der Waals surface area contributed by atoms with E-state index >= 15 is 0 Å². The third-order valence-corrected chi connectivity index (χ3v) is 2.76. The summed E-state index contributed by atoms with van der Waals surface area (Å²) in [7, 11) is 0. The van der Waals surface area contributed by atoms with Crippen LogP contribution in [0.5, 0.6) is 0 Å². The number of nitrogens with one attached hydrogen (secondary N) is 1. The smallest absolute Gasteiger partial charge is 0.125 e. The van der Waals surface area contributed by atoms with Gasteiger partial charge >= 0.3 is 0 Å². The number of nitrogen functional groups attached to an aromatic ring is 1. The molecule has 1 unspecified atom stereocenters. The highest BCUT2D eigenvalue weighted by atomic mass is 19.1. The van der Waals surface area contributed by atoms with Crippen molar-refractivity contribution in [1.29, 1.82) is 0 Å². The third-order valence-electron chi connectivity index (χ3n) is 2.76. The molecule has 1 atom stereocenters. The average Bonchev–Trinajstić information content (AvgIpc) is 2.33. The summed E-state index contributed by atoms with van der Waals surface area (Å²) < 4.78 is 25.7. The Morgan fingerprint density at radius 3 is 2.22 bits per heavy atom. The summed E-state index contributed by atoms with van der Waals surface area (Å²) in [6.45, 7) is 1.93. The first-order valence-corrected chi connectivity index (χ1v) is 5.63. The second-order valence-corrected chi connectivity index (χ2v) is 4.15. The Kier molecular flexibility index (Phi) is 3.46. The van der Waals surface area contributed by atoms with Crippen molar-refractivity contribution < 1.29 is 8.78 Å². The molecule has 0 bridgehead atoms. The summed E-state index contributed by atoms with van der Waals surface area (Å²) in [5, 5.41) is 3.16. The Morgan fingerprint density at radius 1 is 1.00 bits per heavy atom. The number of rotatable bonds is 3. The normalized spacial score (nSPS) is 12.2. The number of benzene rings is 2. The zero-order chi connectivity index (χ0) is 13.1. The van der Waals surface area contributed by atoms with Crippen molar-refractivity contribution in [3.05, 3.63) is 59.7 Å². The molecule has 0 radical (unpaired) electrons. The zero-order valence-corrected chi connectivity index (χ0v) is 9.95. The van der Waals surface area contributed by atoms with Crippen LogP contribution >= 0.6 is 0 Å². The van der Waals surface area contributed by atoms with E-state index in [0.29, 0.717) is 11.4 Å². The van der Waals surface area contributed by atoms with Crippen molar-refractivity contribution in [3.63, 3.8) is 0 Å². The highest BCUT2D eigenvalue weighted by Crippen LogP contribution is 2.24. The van der Waals surface area contributed by atoms with E-state index in [4.69, 9.17) is 5.73 Å². The fourth-order valence-corrected chi connectivity index (χ4v) is 1.73.